The molecule has 0 unspecified atom stereocenters. The summed E-state index contributed by atoms with van der Waals surface area (Å²) in [5, 5.41) is 9.19. The van der Waals surface area contributed by atoms with Gasteiger partial charge in [0.1, 0.15) is 11.9 Å². The highest BCUT2D eigenvalue weighted by Gasteiger charge is 2.41. The maximum atomic E-state index is 13.9. The second kappa shape index (κ2) is 13.6. The van der Waals surface area contributed by atoms with E-state index in [0.717, 1.165) is 12.0 Å². The maximum absolute atomic E-state index is 13.9. The Labute approximate surface area is 247 Å². The molecule has 9 heteroatoms. The Hall–Kier alpha value is -3.56. The number of hydrogen-bond acceptors (Lipinski definition) is 5. The summed E-state index contributed by atoms with van der Waals surface area (Å²) in [5.41, 5.74) is 1.35. The number of amides is 3. The minimum atomic E-state index is -0.692. The Bertz CT molecular complexity index is 1290. The number of carbonyl (C=O) groups excluding carboxylic acids is 3. The number of hydrogen-bond donors (Lipinski definition) is 3. The Morgan fingerprint density at radius 2 is 1.88 bits per heavy atom. The first kappa shape index (κ1) is 29.9. The first-order valence-electron chi connectivity index (χ1n) is 15.0. The van der Waals surface area contributed by atoms with Crippen molar-refractivity contribution in [2.75, 3.05) is 38.2 Å². The molecule has 0 aromatic heterocycles. The van der Waals surface area contributed by atoms with Crippen molar-refractivity contribution in [2.45, 2.75) is 57.5 Å². The minimum Gasteiger partial charge on any atom is -0.381 e. The zero-order valence-corrected chi connectivity index (χ0v) is 24.2. The third-order valence-electron chi connectivity index (χ3n) is 8.92. The predicted molar refractivity (Wildman–Crippen MR) is 159 cm³/mol. The summed E-state index contributed by atoms with van der Waals surface area (Å²) < 4.78 is 19.5. The SMILES string of the molecule is Cc1ccc(NC(=O)CN2CC[C@@H]3NC(=O)[C@H](Cc4ccccc4)NC(=O)C4(C/C=C/C[C@H]3C2)CCOCC4)cc1F. The van der Waals surface area contributed by atoms with Crippen LogP contribution in [-0.2, 0) is 25.5 Å². The zero-order chi connectivity index (χ0) is 29.5. The molecule has 3 amide bonds. The fourth-order valence-corrected chi connectivity index (χ4v) is 6.27. The average Bonchev–Trinajstić information content (AvgIpc) is 2.98. The molecule has 2 fully saturated rings. The van der Waals surface area contributed by atoms with Crippen molar-refractivity contribution in [3.05, 3.63) is 77.6 Å². The molecule has 2 saturated heterocycles. The standard InChI is InChI=1S/C33H41FN4O4/c1-23-10-11-26(20-27(23)34)35-30(39)22-38-16-12-28-25(21-38)9-5-6-13-33(14-17-42-18-15-33)32(41)37-29(31(40)36-28)19-24-7-3-2-4-8-24/h2-8,10-11,20,25,28-29H,9,12-19,21-22H2,1H3,(H,35,39)(H,36,40)(H,37,41)/b6-5+/t25-,28-,29-/m0/s1. The number of allylic oxidation sites excluding steroid dienone is 2. The van der Waals surface area contributed by atoms with Crippen molar-refractivity contribution in [2.24, 2.45) is 11.3 Å². The molecule has 224 valence electrons. The Morgan fingerprint density at radius 3 is 2.64 bits per heavy atom. The maximum Gasteiger partial charge on any atom is 0.243 e. The van der Waals surface area contributed by atoms with Crippen LogP contribution in [-0.4, -0.2) is 67.6 Å². The van der Waals surface area contributed by atoms with Crippen LogP contribution in [0.15, 0.2) is 60.7 Å². The summed E-state index contributed by atoms with van der Waals surface area (Å²) in [6.45, 7) is 4.19. The molecular formula is C33H41FN4O4. The Morgan fingerprint density at radius 1 is 1.10 bits per heavy atom. The molecule has 3 aliphatic rings. The lowest BCUT2D eigenvalue weighted by Crippen LogP contribution is -2.58. The van der Waals surface area contributed by atoms with Gasteiger partial charge in [-0.25, -0.2) is 4.39 Å². The number of ether oxygens (including phenoxy) is 1. The number of rotatable bonds is 5. The van der Waals surface area contributed by atoms with Gasteiger partial charge in [0.05, 0.1) is 12.0 Å². The molecule has 0 saturated carbocycles. The Balaban J connectivity index is 1.31. The lowest BCUT2D eigenvalue weighted by Gasteiger charge is -2.40. The van der Waals surface area contributed by atoms with Gasteiger partial charge in [-0.05, 0) is 68.2 Å². The van der Waals surface area contributed by atoms with Gasteiger partial charge < -0.3 is 20.7 Å². The molecule has 2 aromatic carbocycles. The van der Waals surface area contributed by atoms with Gasteiger partial charge in [0.2, 0.25) is 17.7 Å². The van der Waals surface area contributed by atoms with Gasteiger partial charge in [0.15, 0.2) is 0 Å². The number of aryl methyl sites for hydroxylation is 1. The summed E-state index contributed by atoms with van der Waals surface area (Å²) in [4.78, 5) is 42.3. The number of halogens is 1. The van der Waals surface area contributed by atoms with Crippen LogP contribution in [0.3, 0.4) is 0 Å². The predicted octanol–water partition coefficient (Wildman–Crippen LogP) is 3.75. The number of nitrogens with zero attached hydrogens (tertiary/aromatic N) is 1. The van der Waals surface area contributed by atoms with E-state index in [9.17, 15) is 18.8 Å². The van der Waals surface area contributed by atoms with Crippen LogP contribution in [0.1, 0.15) is 43.2 Å². The normalized spacial score (nSPS) is 25.7. The van der Waals surface area contributed by atoms with Gasteiger partial charge in [-0.15, -0.1) is 0 Å². The van der Waals surface area contributed by atoms with E-state index in [1.807, 2.05) is 30.3 Å². The summed E-state index contributed by atoms with van der Waals surface area (Å²) >= 11 is 0. The lowest BCUT2D eigenvalue weighted by atomic mass is 9.75. The fourth-order valence-electron chi connectivity index (χ4n) is 6.27. The van der Waals surface area contributed by atoms with Gasteiger partial charge in [-0.1, -0.05) is 48.6 Å². The molecule has 0 bridgehead atoms. The molecule has 0 radical (unpaired) electrons. The van der Waals surface area contributed by atoms with E-state index >= 15 is 0 Å². The van der Waals surface area contributed by atoms with Crippen LogP contribution in [0, 0.1) is 24.1 Å². The summed E-state index contributed by atoms with van der Waals surface area (Å²) in [6, 6.07) is 13.7. The van der Waals surface area contributed by atoms with Crippen LogP contribution in [0.25, 0.3) is 0 Å². The molecule has 3 atom stereocenters. The quantitative estimate of drug-likeness (QED) is 0.471. The van der Waals surface area contributed by atoms with Gasteiger partial charge in [0, 0.05) is 44.5 Å². The van der Waals surface area contributed by atoms with Gasteiger partial charge in [0.25, 0.3) is 0 Å². The number of benzene rings is 2. The van der Waals surface area contributed by atoms with Gasteiger partial charge >= 0.3 is 0 Å². The Kier molecular flexibility index (Phi) is 9.69. The topological polar surface area (TPSA) is 99.8 Å². The molecule has 2 aromatic rings. The van der Waals surface area contributed by atoms with E-state index in [-0.39, 0.29) is 42.0 Å². The van der Waals surface area contributed by atoms with E-state index in [1.54, 1.807) is 19.1 Å². The summed E-state index contributed by atoms with van der Waals surface area (Å²) in [6.07, 6.45) is 7.87. The number of anilines is 1. The third kappa shape index (κ3) is 7.44. The van der Waals surface area contributed by atoms with E-state index in [1.165, 1.54) is 6.07 Å². The van der Waals surface area contributed by atoms with Crippen molar-refractivity contribution in [3.63, 3.8) is 0 Å². The number of fused-ring (bicyclic) bond motifs is 1. The second-order valence-corrected chi connectivity index (χ2v) is 11.9. The lowest BCUT2D eigenvalue weighted by molar-refractivity contribution is -0.140. The molecule has 3 heterocycles. The number of carbonyl (C=O) groups is 3. The highest BCUT2D eigenvalue weighted by Crippen LogP contribution is 2.36. The summed E-state index contributed by atoms with van der Waals surface area (Å²) in [5.74, 6) is -0.716. The second-order valence-electron chi connectivity index (χ2n) is 11.9. The van der Waals surface area contributed by atoms with Crippen LogP contribution in [0.4, 0.5) is 10.1 Å². The van der Waals surface area contributed by atoms with Gasteiger partial charge in [-0.2, -0.15) is 0 Å². The van der Waals surface area contributed by atoms with Crippen molar-refractivity contribution in [1.82, 2.24) is 15.5 Å². The smallest absolute Gasteiger partial charge is 0.243 e. The molecule has 3 N–H and O–H groups in total. The van der Waals surface area contributed by atoms with E-state index in [2.05, 4.69) is 33.0 Å². The number of nitrogens with one attached hydrogen (secondary N) is 3. The monoisotopic (exact) mass is 576 g/mol. The molecular weight excluding hydrogens is 535 g/mol. The molecule has 1 spiro atoms. The highest BCUT2D eigenvalue weighted by molar-refractivity contribution is 5.92. The van der Waals surface area contributed by atoms with E-state index in [4.69, 9.17) is 4.74 Å². The number of likely N-dealkylation sites (tertiary alicyclic amines) is 1. The van der Waals surface area contributed by atoms with Gasteiger partial charge in [-0.3, -0.25) is 19.3 Å². The van der Waals surface area contributed by atoms with Crippen LogP contribution in [0.2, 0.25) is 0 Å². The molecule has 3 aliphatic heterocycles. The molecule has 0 aliphatic carbocycles. The molecule has 5 rings (SSSR count). The summed E-state index contributed by atoms with van der Waals surface area (Å²) in [7, 11) is 0. The number of piperidine rings is 1. The average molecular weight is 577 g/mol. The van der Waals surface area contributed by atoms with Crippen LogP contribution < -0.4 is 16.0 Å². The molecule has 42 heavy (non-hydrogen) atoms. The third-order valence-corrected chi connectivity index (χ3v) is 8.92. The van der Waals surface area contributed by atoms with Crippen LogP contribution in [0.5, 0.6) is 0 Å². The van der Waals surface area contributed by atoms with Crippen molar-refractivity contribution in [1.29, 1.82) is 0 Å². The van der Waals surface area contributed by atoms with E-state index < -0.39 is 11.5 Å². The first-order valence-corrected chi connectivity index (χ1v) is 15.0. The van der Waals surface area contributed by atoms with Crippen molar-refractivity contribution in [3.8, 4) is 0 Å². The largest absolute Gasteiger partial charge is 0.381 e. The van der Waals surface area contributed by atoms with Crippen LogP contribution >= 0.6 is 0 Å². The minimum absolute atomic E-state index is 0.0840. The first-order chi connectivity index (χ1) is 20.3. The fraction of sp³-hybridized carbons (Fsp3) is 0.485. The molecule has 8 nitrogen and oxygen atoms in total. The van der Waals surface area contributed by atoms with Crippen molar-refractivity contribution >= 4 is 23.4 Å². The highest BCUT2D eigenvalue weighted by atomic mass is 19.1. The zero-order valence-electron chi connectivity index (χ0n) is 24.2. The van der Waals surface area contributed by atoms with Crippen molar-refractivity contribution < 1.29 is 23.5 Å². The van der Waals surface area contributed by atoms with E-state index in [0.29, 0.717) is 69.7 Å².